The first-order chi connectivity index (χ1) is 5.91. The van der Waals surface area contributed by atoms with Gasteiger partial charge in [-0.1, -0.05) is 6.58 Å². The van der Waals surface area contributed by atoms with Crippen LogP contribution in [0.15, 0.2) is 24.9 Å². The van der Waals surface area contributed by atoms with Crippen molar-refractivity contribution in [2.45, 2.75) is 13.1 Å². The van der Waals surface area contributed by atoms with Gasteiger partial charge in [0.05, 0.1) is 11.3 Å². The minimum atomic E-state index is -4.32. The molecule has 0 aromatic carbocycles. The largest absolute Gasteiger partial charge is 0.417 e. The van der Waals surface area contributed by atoms with Crippen LogP contribution in [-0.2, 0) is 6.18 Å². The number of aromatic nitrogens is 1. The van der Waals surface area contributed by atoms with Crippen LogP contribution in [0.25, 0.3) is 5.57 Å². The highest BCUT2D eigenvalue weighted by Gasteiger charge is 2.30. The number of pyridine rings is 1. The lowest BCUT2D eigenvalue weighted by Crippen LogP contribution is -2.05. The van der Waals surface area contributed by atoms with E-state index in [2.05, 4.69) is 11.6 Å². The van der Waals surface area contributed by atoms with Crippen LogP contribution in [0.3, 0.4) is 0 Å². The van der Waals surface area contributed by atoms with Gasteiger partial charge in [-0.2, -0.15) is 13.2 Å². The van der Waals surface area contributed by atoms with Gasteiger partial charge in [0.25, 0.3) is 0 Å². The molecule has 0 aliphatic heterocycles. The van der Waals surface area contributed by atoms with Crippen LogP contribution in [0.4, 0.5) is 13.2 Å². The summed E-state index contributed by atoms with van der Waals surface area (Å²) in [6, 6.07) is 2.31. The van der Waals surface area contributed by atoms with Gasteiger partial charge in [-0.25, -0.2) is 0 Å². The van der Waals surface area contributed by atoms with E-state index in [0.717, 1.165) is 12.3 Å². The molecule has 0 unspecified atom stereocenters. The molecule has 0 spiro atoms. The zero-order chi connectivity index (χ0) is 10.1. The predicted molar refractivity (Wildman–Crippen MR) is 43.9 cm³/mol. The van der Waals surface area contributed by atoms with Gasteiger partial charge in [0.15, 0.2) is 0 Å². The Balaban J connectivity index is 3.01. The molecule has 0 saturated carbocycles. The van der Waals surface area contributed by atoms with E-state index in [9.17, 15) is 13.2 Å². The molecule has 0 amide bonds. The maximum atomic E-state index is 12.1. The van der Waals surface area contributed by atoms with Crippen molar-refractivity contribution in [1.82, 2.24) is 4.98 Å². The molecule has 0 fully saturated rings. The highest BCUT2D eigenvalue weighted by atomic mass is 19.4. The molecule has 13 heavy (non-hydrogen) atoms. The molecule has 1 aromatic rings. The van der Waals surface area contributed by atoms with Crippen molar-refractivity contribution in [2.75, 3.05) is 0 Å². The van der Waals surface area contributed by atoms with E-state index in [1.165, 1.54) is 6.07 Å². The van der Waals surface area contributed by atoms with E-state index >= 15 is 0 Å². The molecule has 0 bridgehead atoms. The van der Waals surface area contributed by atoms with Crippen molar-refractivity contribution in [3.8, 4) is 0 Å². The molecule has 0 saturated heterocycles. The first-order valence-electron chi connectivity index (χ1n) is 3.60. The van der Waals surface area contributed by atoms with Crippen molar-refractivity contribution < 1.29 is 13.2 Å². The van der Waals surface area contributed by atoms with Gasteiger partial charge in [0.2, 0.25) is 0 Å². The molecule has 1 heterocycles. The molecular weight excluding hydrogens is 179 g/mol. The zero-order valence-corrected chi connectivity index (χ0v) is 7.02. The molecular formula is C9H8F3N. The van der Waals surface area contributed by atoms with E-state index in [1.54, 1.807) is 6.92 Å². The number of allylic oxidation sites excluding steroid dienone is 1. The van der Waals surface area contributed by atoms with Crippen LogP contribution >= 0.6 is 0 Å². The summed E-state index contributed by atoms with van der Waals surface area (Å²) in [4.78, 5) is 3.63. The van der Waals surface area contributed by atoms with Crippen molar-refractivity contribution in [1.29, 1.82) is 0 Å². The molecule has 0 N–H and O–H groups in total. The number of hydrogen-bond acceptors (Lipinski definition) is 1. The Hall–Kier alpha value is -1.32. The van der Waals surface area contributed by atoms with Gasteiger partial charge in [0, 0.05) is 6.20 Å². The van der Waals surface area contributed by atoms with Gasteiger partial charge < -0.3 is 0 Å². The van der Waals surface area contributed by atoms with Gasteiger partial charge in [-0.05, 0) is 24.6 Å². The summed E-state index contributed by atoms with van der Waals surface area (Å²) in [6.45, 7) is 5.26. The third kappa shape index (κ3) is 2.31. The summed E-state index contributed by atoms with van der Waals surface area (Å²) in [5.41, 5.74) is 0.388. The Morgan fingerprint density at radius 3 is 2.31 bits per heavy atom. The molecule has 1 nitrogen and oxygen atoms in total. The monoisotopic (exact) mass is 187 g/mol. The predicted octanol–water partition coefficient (Wildman–Crippen LogP) is 3.13. The maximum Gasteiger partial charge on any atom is 0.417 e. The normalized spacial score (nSPS) is 11.4. The number of rotatable bonds is 1. The summed E-state index contributed by atoms with van der Waals surface area (Å²) >= 11 is 0. The highest BCUT2D eigenvalue weighted by molar-refractivity contribution is 5.57. The summed E-state index contributed by atoms with van der Waals surface area (Å²) in [5.74, 6) is 0. The quantitative estimate of drug-likeness (QED) is 0.658. The van der Waals surface area contributed by atoms with E-state index in [1.807, 2.05) is 0 Å². The molecule has 0 radical (unpaired) electrons. The third-order valence-corrected chi connectivity index (χ3v) is 1.53. The standard InChI is InChI=1S/C9H8F3N/c1-6(2)8-4-3-7(5-13-8)9(10,11)12/h3-5H,1H2,2H3. The second kappa shape index (κ2) is 3.20. The van der Waals surface area contributed by atoms with Gasteiger partial charge in [0.1, 0.15) is 0 Å². The molecule has 4 heteroatoms. The first-order valence-corrected chi connectivity index (χ1v) is 3.60. The minimum Gasteiger partial charge on any atom is -0.256 e. The fraction of sp³-hybridized carbons (Fsp3) is 0.222. The van der Waals surface area contributed by atoms with Crippen LogP contribution in [-0.4, -0.2) is 4.98 Å². The van der Waals surface area contributed by atoms with E-state index < -0.39 is 11.7 Å². The smallest absolute Gasteiger partial charge is 0.256 e. The molecule has 1 rings (SSSR count). The Morgan fingerprint density at radius 1 is 1.38 bits per heavy atom. The van der Waals surface area contributed by atoms with Gasteiger partial charge in [-0.15, -0.1) is 0 Å². The van der Waals surface area contributed by atoms with E-state index in [-0.39, 0.29) is 0 Å². The Labute approximate surface area is 73.9 Å². The van der Waals surface area contributed by atoms with Crippen molar-refractivity contribution in [2.24, 2.45) is 0 Å². The lowest BCUT2D eigenvalue weighted by atomic mass is 10.2. The Bertz CT molecular complexity index is 311. The Morgan fingerprint density at radius 2 is 2.00 bits per heavy atom. The van der Waals surface area contributed by atoms with Gasteiger partial charge in [-0.3, -0.25) is 4.98 Å². The van der Waals surface area contributed by atoms with E-state index in [4.69, 9.17) is 0 Å². The third-order valence-electron chi connectivity index (χ3n) is 1.53. The van der Waals surface area contributed by atoms with E-state index in [0.29, 0.717) is 11.3 Å². The number of nitrogens with zero attached hydrogens (tertiary/aromatic N) is 1. The average Bonchev–Trinajstić information content (AvgIpc) is 2.03. The van der Waals surface area contributed by atoms with Gasteiger partial charge >= 0.3 is 6.18 Å². The lowest BCUT2D eigenvalue weighted by Gasteiger charge is -2.06. The average molecular weight is 187 g/mol. The fourth-order valence-electron chi connectivity index (χ4n) is 0.814. The van der Waals surface area contributed by atoms with Crippen LogP contribution in [0, 0.1) is 0 Å². The Kier molecular flexibility index (Phi) is 2.40. The second-order valence-electron chi connectivity index (χ2n) is 2.71. The summed E-state index contributed by atoms with van der Waals surface area (Å²) in [6.07, 6.45) is -3.51. The van der Waals surface area contributed by atoms with Crippen LogP contribution < -0.4 is 0 Å². The molecule has 0 aliphatic rings. The fourth-order valence-corrected chi connectivity index (χ4v) is 0.814. The number of alkyl halides is 3. The van der Waals surface area contributed by atoms with Crippen molar-refractivity contribution >= 4 is 5.57 Å². The van der Waals surface area contributed by atoms with Crippen molar-refractivity contribution in [3.63, 3.8) is 0 Å². The zero-order valence-electron chi connectivity index (χ0n) is 7.02. The summed E-state index contributed by atoms with van der Waals surface area (Å²) in [7, 11) is 0. The highest BCUT2D eigenvalue weighted by Crippen LogP contribution is 2.28. The molecule has 0 aliphatic carbocycles. The lowest BCUT2D eigenvalue weighted by molar-refractivity contribution is -0.137. The van der Waals surface area contributed by atoms with Crippen LogP contribution in [0.2, 0.25) is 0 Å². The summed E-state index contributed by atoms with van der Waals surface area (Å²) < 4.78 is 36.2. The number of hydrogen-bond donors (Lipinski definition) is 0. The van der Waals surface area contributed by atoms with Crippen molar-refractivity contribution in [3.05, 3.63) is 36.2 Å². The molecule has 1 aromatic heterocycles. The SMILES string of the molecule is C=C(C)c1ccc(C(F)(F)F)cn1. The maximum absolute atomic E-state index is 12.1. The topological polar surface area (TPSA) is 12.9 Å². The van der Waals surface area contributed by atoms with Crippen LogP contribution in [0.5, 0.6) is 0 Å². The first kappa shape index (κ1) is 9.77. The second-order valence-corrected chi connectivity index (χ2v) is 2.71. The molecule has 70 valence electrons. The molecule has 0 atom stereocenters. The summed E-state index contributed by atoms with van der Waals surface area (Å²) in [5, 5.41) is 0. The van der Waals surface area contributed by atoms with Crippen LogP contribution in [0.1, 0.15) is 18.2 Å². The minimum absolute atomic E-state index is 0.480. The number of halogens is 3.